The van der Waals surface area contributed by atoms with Gasteiger partial charge >= 0.3 is 0 Å². The molecule has 0 radical (unpaired) electrons. The maximum atomic E-state index is 12.5. The van der Waals surface area contributed by atoms with Gasteiger partial charge < -0.3 is 11.1 Å². The fourth-order valence-electron chi connectivity index (χ4n) is 1.89. The Hall–Kier alpha value is -0.550. The van der Waals surface area contributed by atoms with Crippen molar-refractivity contribution >= 4 is 63.6 Å². The molecule has 0 saturated heterocycles. The summed E-state index contributed by atoms with van der Waals surface area (Å²) in [5.41, 5.74) is 5.21. The van der Waals surface area contributed by atoms with Gasteiger partial charge in [-0.25, -0.2) is 0 Å². The van der Waals surface area contributed by atoms with E-state index in [1.807, 2.05) is 13.8 Å². The van der Waals surface area contributed by atoms with Crippen molar-refractivity contribution < 1.29 is 4.79 Å². The third-order valence-electron chi connectivity index (χ3n) is 3.37. The third kappa shape index (κ3) is 3.37. The molecule has 0 fully saturated rings. The highest BCUT2D eigenvalue weighted by molar-refractivity contribution is 7.80. The normalized spacial score (nSPS) is 11.2. The molecule has 110 valence electrons. The Kier molecular flexibility index (Phi) is 6.07. The van der Waals surface area contributed by atoms with Gasteiger partial charge in [0.05, 0.1) is 31.2 Å². The van der Waals surface area contributed by atoms with E-state index in [1.54, 1.807) is 0 Å². The Morgan fingerprint density at radius 2 is 1.70 bits per heavy atom. The summed E-state index contributed by atoms with van der Waals surface area (Å²) in [6.45, 7) is 3.72. The van der Waals surface area contributed by atoms with E-state index < -0.39 is 5.41 Å². The number of carbonyl (C=O) groups is 1. The molecular weight excluding hydrogens is 339 g/mol. The van der Waals surface area contributed by atoms with Crippen molar-refractivity contribution in [1.82, 2.24) is 0 Å². The van der Waals surface area contributed by atoms with Gasteiger partial charge in [-0.1, -0.05) is 60.9 Å². The first-order valence-corrected chi connectivity index (χ1v) is 7.58. The second-order valence-electron chi connectivity index (χ2n) is 4.35. The van der Waals surface area contributed by atoms with Crippen LogP contribution in [-0.4, -0.2) is 10.9 Å². The van der Waals surface area contributed by atoms with Gasteiger partial charge in [0.2, 0.25) is 5.91 Å². The molecule has 3 nitrogen and oxygen atoms in total. The zero-order valence-electron chi connectivity index (χ0n) is 11.1. The van der Waals surface area contributed by atoms with Crippen molar-refractivity contribution in [1.29, 1.82) is 0 Å². The van der Waals surface area contributed by atoms with Crippen LogP contribution in [0.25, 0.3) is 0 Å². The van der Waals surface area contributed by atoms with Crippen LogP contribution in [-0.2, 0) is 4.79 Å². The molecule has 1 rings (SSSR count). The highest BCUT2D eigenvalue weighted by atomic mass is 35.5. The molecular formula is C13H15Cl3N2OS. The van der Waals surface area contributed by atoms with Gasteiger partial charge in [-0.05, 0) is 25.0 Å². The van der Waals surface area contributed by atoms with Crippen LogP contribution in [0.1, 0.15) is 26.7 Å². The van der Waals surface area contributed by atoms with Crippen LogP contribution >= 0.6 is 47.0 Å². The summed E-state index contributed by atoms with van der Waals surface area (Å²) >= 11 is 22.8. The molecule has 0 bridgehead atoms. The van der Waals surface area contributed by atoms with E-state index in [9.17, 15) is 4.79 Å². The van der Waals surface area contributed by atoms with Crippen LogP contribution in [0.4, 0.5) is 5.69 Å². The van der Waals surface area contributed by atoms with E-state index in [4.69, 9.17) is 52.8 Å². The predicted octanol–water partition coefficient (Wildman–Crippen LogP) is 4.68. The number of thiocarbonyl (C=S) groups is 1. The number of hydrogen-bond donors (Lipinski definition) is 2. The Morgan fingerprint density at radius 1 is 1.20 bits per heavy atom. The average molecular weight is 354 g/mol. The second kappa shape index (κ2) is 6.94. The molecule has 0 saturated carbocycles. The first-order valence-electron chi connectivity index (χ1n) is 6.04. The van der Waals surface area contributed by atoms with Crippen molar-refractivity contribution in [2.75, 3.05) is 5.32 Å². The highest BCUT2D eigenvalue weighted by Gasteiger charge is 2.38. The van der Waals surface area contributed by atoms with E-state index >= 15 is 0 Å². The number of benzene rings is 1. The SMILES string of the molecule is CCC(CC)(C(=O)Nc1cc(Cl)c(Cl)cc1Cl)C(N)=S. The van der Waals surface area contributed by atoms with Gasteiger partial charge in [-0.2, -0.15) is 0 Å². The maximum absolute atomic E-state index is 12.5. The summed E-state index contributed by atoms with van der Waals surface area (Å²) in [4.78, 5) is 12.6. The van der Waals surface area contributed by atoms with Gasteiger partial charge in [0.25, 0.3) is 0 Å². The monoisotopic (exact) mass is 352 g/mol. The molecule has 0 unspecified atom stereocenters. The number of anilines is 1. The van der Waals surface area contributed by atoms with Crippen LogP contribution in [0.2, 0.25) is 15.1 Å². The third-order valence-corrected chi connectivity index (χ3v) is 4.80. The molecule has 0 aliphatic heterocycles. The molecule has 20 heavy (non-hydrogen) atoms. The lowest BCUT2D eigenvalue weighted by atomic mass is 9.81. The first kappa shape index (κ1) is 17.5. The van der Waals surface area contributed by atoms with E-state index in [2.05, 4.69) is 5.32 Å². The highest BCUT2D eigenvalue weighted by Crippen LogP contribution is 2.34. The lowest BCUT2D eigenvalue weighted by Gasteiger charge is -2.29. The van der Waals surface area contributed by atoms with Gasteiger partial charge in [-0.15, -0.1) is 0 Å². The number of nitrogens with two attached hydrogens (primary N) is 1. The van der Waals surface area contributed by atoms with Crippen LogP contribution in [0, 0.1) is 5.41 Å². The molecule has 0 atom stereocenters. The van der Waals surface area contributed by atoms with Crippen molar-refractivity contribution in [3.05, 3.63) is 27.2 Å². The van der Waals surface area contributed by atoms with Crippen molar-refractivity contribution in [2.45, 2.75) is 26.7 Å². The Morgan fingerprint density at radius 3 is 2.15 bits per heavy atom. The van der Waals surface area contributed by atoms with Crippen molar-refractivity contribution in [2.24, 2.45) is 11.1 Å². The molecule has 1 aromatic carbocycles. The van der Waals surface area contributed by atoms with Gasteiger partial charge in [0, 0.05) is 0 Å². The molecule has 0 heterocycles. The molecule has 3 N–H and O–H groups in total. The Bertz CT molecular complexity index is 545. The second-order valence-corrected chi connectivity index (χ2v) is 6.02. The maximum Gasteiger partial charge on any atom is 0.237 e. The van der Waals surface area contributed by atoms with Gasteiger partial charge in [0.1, 0.15) is 0 Å². The number of amides is 1. The molecule has 0 aliphatic carbocycles. The summed E-state index contributed by atoms with van der Waals surface area (Å²) in [7, 11) is 0. The van der Waals surface area contributed by atoms with Crippen LogP contribution in [0.15, 0.2) is 12.1 Å². The molecule has 0 aliphatic rings. The summed E-state index contributed by atoms with van der Waals surface area (Å²) < 4.78 is 0. The minimum absolute atomic E-state index is 0.163. The summed E-state index contributed by atoms with van der Waals surface area (Å²) in [6, 6.07) is 2.97. The van der Waals surface area contributed by atoms with E-state index in [-0.39, 0.29) is 10.9 Å². The lowest BCUT2D eigenvalue weighted by molar-refractivity contribution is -0.122. The summed E-state index contributed by atoms with van der Waals surface area (Å²) in [5, 5.41) is 3.65. The smallest absolute Gasteiger partial charge is 0.237 e. The topological polar surface area (TPSA) is 55.1 Å². The minimum Gasteiger partial charge on any atom is -0.392 e. The first-order chi connectivity index (χ1) is 9.28. The number of hydrogen-bond acceptors (Lipinski definition) is 2. The van der Waals surface area contributed by atoms with Crippen LogP contribution in [0.3, 0.4) is 0 Å². The number of nitrogens with one attached hydrogen (secondary N) is 1. The largest absolute Gasteiger partial charge is 0.392 e. The Labute approximate surface area is 138 Å². The fourth-order valence-corrected chi connectivity index (χ4v) is 2.87. The Balaban J connectivity index is 3.12. The lowest BCUT2D eigenvalue weighted by Crippen LogP contribution is -2.45. The van der Waals surface area contributed by atoms with E-state index in [1.165, 1.54) is 12.1 Å². The molecule has 1 amide bonds. The zero-order valence-corrected chi connectivity index (χ0v) is 14.2. The molecule has 7 heteroatoms. The number of rotatable bonds is 5. The number of carbonyl (C=O) groups excluding carboxylic acids is 1. The van der Waals surface area contributed by atoms with Crippen LogP contribution in [0.5, 0.6) is 0 Å². The summed E-state index contributed by atoms with van der Waals surface area (Å²) in [6.07, 6.45) is 1.01. The fraction of sp³-hybridized carbons (Fsp3) is 0.385. The number of halogens is 3. The standard InChI is InChI=1S/C13H15Cl3N2OS/c1-3-13(4-2,11(17)20)12(19)18-10-6-8(15)7(14)5-9(10)16/h5-6H,3-4H2,1-2H3,(H2,17,20)(H,18,19). The summed E-state index contributed by atoms with van der Waals surface area (Å²) in [5.74, 6) is -0.296. The average Bonchev–Trinajstić information content (AvgIpc) is 2.37. The van der Waals surface area contributed by atoms with E-state index in [0.717, 1.165) is 0 Å². The molecule has 1 aromatic rings. The van der Waals surface area contributed by atoms with Gasteiger partial charge in [-0.3, -0.25) is 4.79 Å². The molecule has 0 aromatic heterocycles. The zero-order chi connectivity index (χ0) is 15.5. The molecule has 0 spiro atoms. The van der Waals surface area contributed by atoms with Crippen molar-refractivity contribution in [3.63, 3.8) is 0 Å². The minimum atomic E-state index is -0.898. The van der Waals surface area contributed by atoms with Crippen LogP contribution < -0.4 is 11.1 Å². The van der Waals surface area contributed by atoms with E-state index in [0.29, 0.717) is 33.6 Å². The van der Waals surface area contributed by atoms with Gasteiger partial charge in [0.15, 0.2) is 0 Å². The van der Waals surface area contributed by atoms with Crippen molar-refractivity contribution in [3.8, 4) is 0 Å². The predicted molar refractivity (Wildman–Crippen MR) is 89.9 cm³/mol. The quantitative estimate of drug-likeness (QED) is 0.597.